The first kappa shape index (κ1) is 16.2. The molecule has 0 aliphatic heterocycles. The summed E-state index contributed by atoms with van der Waals surface area (Å²) in [6, 6.07) is 24.6. The Kier molecular flexibility index (Phi) is 4.47. The summed E-state index contributed by atoms with van der Waals surface area (Å²) in [5.74, 6) is 0. The molecule has 0 bridgehead atoms. The molecule has 1 aromatic heterocycles. The first-order valence-corrected chi connectivity index (χ1v) is 9.15. The molecule has 25 heavy (non-hydrogen) atoms. The molecular formula is C21H19BrN2O. The summed E-state index contributed by atoms with van der Waals surface area (Å²) < 4.78 is 3.27. The van der Waals surface area contributed by atoms with Gasteiger partial charge in [-0.25, -0.2) is 0 Å². The molecule has 0 radical (unpaired) electrons. The highest BCUT2D eigenvalue weighted by Crippen LogP contribution is 2.31. The lowest BCUT2D eigenvalue weighted by atomic mass is 10.2. The maximum Gasteiger partial charge on any atom is 0.0891 e. The van der Waals surface area contributed by atoms with Gasteiger partial charge in [-0.2, -0.15) is 0 Å². The standard InChI is InChI=1S/C21H19BrN2O/c22-15-10-11-21-19(12-15)18-8-4-5-9-20(18)24(21)14-17(25)13-23-16-6-2-1-3-7-16/h1-12,17,23,25H,13-14H2. The van der Waals surface area contributed by atoms with Gasteiger partial charge in [0.25, 0.3) is 0 Å². The topological polar surface area (TPSA) is 37.2 Å². The van der Waals surface area contributed by atoms with Crippen molar-refractivity contribution in [2.24, 2.45) is 0 Å². The molecule has 0 saturated carbocycles. The van der Waals surface area contributed by atoms with Crippen molar-refractivity contribution in [1.82, 2.24) is 4.57 Å². The molecule has 0 fully saturated rings. The second-order valence-electron chi connectivity index (χ2n) is 6.19. The minimum Gasteiger partial charge on any atom is -0.389 e. The molecule has 1 unspecified atom stereocenters. The number of aliphatic hydroxyl groups is 1. The second kappa shape index (κ2) is 6.90. The number of nitrogens with one attached hydrogen (secondary N) is 1. The van der Waals surface area contributed by atoms with E-state index in [1.54, 1.807) is 0 Å². The molecule has 1 heterocycles. The maximum atomic E-state index is 10.6. The third-order valence-electron chi connectivity index (χ3n) is 4.44. The van der Waals surface area contributed by atoms with Crippen molar-refractivity contribution in [2.45, 2.75) is 12.6 Å². The average molecular weight is 395 g/mol. The van der Waals surface area contributed by atoms with Crippen molar-refractivity contribution in [3.8, 4) is 0 Å². The van der Waals surface area contributed by atoms with E-state index in [9.17, 15) is 5.11 Å². The Morgan fingerprint density at radius 2 is 1.60 bits per heavy atom. The lowest BCUT2D eigenvalue weighted by molar-refractivity contribution is 0.169. The Hall–Kier alpha value is -2.30. The van der Waals surface area contributed by atoms with E-state index in [1.165, 1.54) is 10.8 Å². The van der Waals surface area contributed by atoms with Crippen LogP contribution in [0.4, 0.5) is 5.69 Å². The summed E-state index contributed by atoms with van der Waals surface area (Å²) in [6.45, 7) is 1.06. The summed E-state index contributed by atoms with van der Waals surface area (Å²) in [7, 11) is 0. The van der Waals surface area contributed by atoms with Gasteiger partial charge in [-0.3, -0.25) is 0 Å². The maximum absolute atomic E-state index is 10.6. The highest BCUT2D eigenvalue weighted by molar-refractivity contribution is 9.10. The van der Waals surface area contributed by atoms with Crippen molar-refractivity contribution >= 4 is 43.4 Å². The van der Waals surface area contributed by atoms with Crippen molar-refractivity contribution in [2.75, 3.05) is 11.9 Å². The third kappa shape index (κ3) is 3.28. The van der Waals surface area contributed by atoms with Crippen LogP contribution in [0.2, 0.25) is 0 Å². The number of benzene rings is 3. The van der Waals surface area contributed by atoms with E-state index in [1.807, 2.05) is 42.5 Å². The van der Waals surface area contributed by atoms with Crippen LogP contribution < -0.4 is 5.32 Å². The molecular weight excluding hydrogens is 376 g/mol. The monoisotopic (exact) mass is 394 g/mol. The van der Waals surface area contributed by atoms with Crippen LogP contribution in [-0.4, -0.2) is 22.3 Å². The molecule has 0 spiro atoms. The number of anilines is 1. The average Bonchev–Trinajstić information content (AvgIpc) is 2.94. The van der Waals surface area contributed by atoms with Crippen LogP contribution in [-0.2, 0) is 6.54 Å². The summed E-state index contributed by atoms with van der Waals surface area (Å²) >= 11 is 3.56. The minimum absolute atomic E-state index is 0.483. The predicted octanol–water partition coefficient (Wildman–Crippen LogP) is 5.03. The van der Waals surface area contributed by atoms with Gasteiger partial charge >= 0.3 is 0 Å². The minimum atomic E-state index is -0.483. The van der Waals surface area contributed by atoms with Gasteiger partial charge in [0.05, 0.1) is 12.6 Å². The largest absolute Gasteiger partial charge is 0.389 e. The third-order valence-corrected chi connectivity index (χ3v) is 4.94. The van der Waals surface area contributed by atoms with Crippen LogP contribution in [0.3, 0.4) is 0 Å². The summed E-state index contributed by atoms with van der Waals surface area (Å²) in [6.07, 6.45) is -0.483. The van der Waals surface area contributed by atoms with E-state index in [0.717, 1.165) is 21.2 Å². The molecule has 0 aliphatic rings. The quantitative estimate of drug-likeness (QED) is 0.497. The SMILES string of the molecule is OC(CNc1ccccc1)Cn1c2ccccc2c2cc(Br)ccc21. The molecule has 2 N–H and O–H groups in total. The first-order valence-electron chi connectivity index (χ1n) is 8.36. The van der Waals surface area contributed by atoms with E-state index >= 15 is 0 Å². The summed E-state index contributed by atoms with van der Waals surface area (Å²) in [5.41, 5.74) is 3.31. The molecule has 0 aliphatic carbocycles. The molecule has 0 saturated heterocycles. The molecule has 3 nitrogen and oxygen atoms in total. The van der Waals surface area contributed by atoms with E-state index in [0.29, 0.717) is 13.1 Å². The Morgan fingerprint density at radius 1 is 0.880 bits per heavy atom. The number of halogens is 1. The van der Waals surface area contributed by atoms with Gasteiger partial charge < -0.3 is 15.0 Å². The number of hydrogen-bond acceptors (Lipinski definition) is 2. The van der Waals surface area contributed by atoms with Gasteiger partial charge in [-0.1, -0.05) is 52.3 Å². The van der Waals surface area contributed by atoms with Crippen LogP contribution in [0.5, 0.6) is 0 Å². The fraction of sp³-hybridized carbons (Fsp3) is 0.143. The second-order valence-corrected chi connectivity index (χ2v) is 7.11. The summed E-state index contributed by atoms with van der Waals surface area (Å²) in [4.78, 5) is 0. The number of fused-ring (bicyclic) bond motifs is 3. The van der Waals surface area contributed by atoms with Gasteiger partial charge in [0.1, 0.15) is 0 Å². The Bertz CT molecular complexity index is 1010. The predicted molar refractivity (Wildman–Crippen MR) is 108 cm³/mol. The smallest absolute Gasteiger partial charge is 0.0891 e. The first-order chi connectivity index (χ1) is 12.2. The van der Waals surface area contributed by atoms with Crippen molar-refractivity contribution in [3.63, 3.8) is 0 Å². The molecule has 126 valence electrons. The lowest BCUT2D eigenvalue weighted by Gasteiger charge is -2.15. The highest BCUT2D eigenvalue weighted by Gasteiger charge is 2.13. The fourth-order valence-electron chi connectivity index (χ4n) is 3.29. The number of aromatic nitrogens is 1. The zero-order valence-electron chi connectivity index (χ0n) is 13.7. The van der Waals surface area contributed by atoms with Gasteiger partial charge in [0, 0.05) is 38.5 Å². The van der Waals surface area contributed by atoms with E-state index in [2.05, 4.69) is 56.1 Å². The van der Waals surface area contributed by atoms with E-state index < -0.39 is 6.10 Å². The number of rotatable bonds is 5. The number of nitrogens with zero attached hydrogens (tertiary/aromatic N) is 1. The van der Waals surface area contributed by atoms with Crippen LogP contribution in [0.25, 0.3) is 21.8 Å². The molecule has 1 atom stereocenters. The zero-order chi connectivity index (χ0) is 17.2. The van der Waals surface area contributed by atoms with Crippen LogP contribution in [0.1, 0.15) is 0 Å². The van der Waals surface area contributed by atoms with Gasteiger partial charge in [0.15, 0.2) is 0 Å². The Morgan fingerprint density at radius 3 is 2.44 bits per heavy atom. The molecule has 0 amide bonds. The molecule has 4 rings (SSSR count). The fourth-order valence-corrected chi connectivity index (χ4v) is 3.65. The zero-order valence-corrected chi connectivity index (χ0v) is 15.3. The van der Waals surface area contributed by atoms with Crippen molar-refractivity contribution in [1.29, 1.82) is 0 Å². The van der Waals surface area contributed by atoms with E-state index in [-0.39, 0.29) is 0 Å². The number of aliphatic hydroxyl groups excluding tert-OH is 1. The Balaban J connectivity index is 1.63. The van der Waals surface area contributed by atoms with Gasteiger partial charge in [-0.05, 0) is 36.4 Å². The number of hydrogen-bond donors (Lipinski definition) is 2. The van der Waals surface area contributed by atoms with E-state index in [4.69, 9.17) is 0 Å². The summed E-state index contributed by atoms with van der Waals surface area (Å²) in [5, 5.41) is 16.3. The van der Waals surface area contributed by atoms with Crippen molar-refractivity contribution in [3.05, 3.63) is 77.3 Å². The molecule has 4 aromatic rings. The van der Waals surface area contributed by atoms with Crippen LogP contribution >= 0.6 is 15.9 Å². The number of para-hydroxylation sites is 2. The lowest BCUT2D eigenvalue weighted by Crippen LogP contribution is -2.24. The van der Waals surface area contributed by atoms with Gasteiger partial charge in [0.2, 0.25) is 0 Å². The van der Waals surface area contributed by atoms with Crippen LogP contribution in [0, 0.1) is 0 Å². The Labute approximate surface area is 155 Å². The highest BCUT2D eigenvalue weighted by atomic mass is 79.9. The van der Waals surface area contributed by atoms with Gasteiger partial charge in [-0.15, -0.1) is 0 Å². The normalized spacial score (nSPS) is 12.6. The van der Waals surface area contributed by atoms with Crippen molar-refractivity contribution < 1.29 is 5.11 Å². The molecule has 3 aromatic carbocycles. The molecule has 4 heteroatoms. The van der Waals surface area contributed by atoms with Crippen LogP contribution in [0.15, 0.2) is 77.3 Å².